The molecule has 1 N–H and O–H groups in total. The van der Waals surface area contributed by atoms with Crippen LogP contribution in [0.25, 0.3) is 21.1 Å². The van der Waals surface area contributed by atoms with E-state index in [-0.39, 0.29) is 5.56 Å². The van der Waals surface area contributed by atoms with E-state index in [0.717, 1.165) is 58.1 Å². The van der Waals surface area contributed by atoms with Crippen molar-refractivity contribution in [1.29, 1.82) is 0 Å². The number of hydrogen-bond acceptors (Lipinski definition) is 7. The standard InChI is InChI=1S/C27H25N5O2S/c1-34-23-10-7-17(14-30-23)13-29-20-8-9-21-22(12-20)35-26-24(21)27(33)32(16-31-26)15-19-5-2-4-18-6-3-11-28-25(18)19/h2-7,10-11,14,16,20,29H,8-9,12-13,15H2,1H3. The maximum atomic E-state index is 13.5. The molecule has 1 aliphatic rings. The van der Waals surface area contributed by atoms with Crippen molar-refractivity contribution in [3.05, 3.63) is 93.1 Å². The first-order valence-corrected chi connectivity index (χ1v) is 12.6. The van der Waals surface area contributed by atoms with Gasteiger partial charge >= 0.3 is 0 Å². The number of nitrogens with zero attached hydrogens (tertiary/aromatic N) is 4. The number of aryl methyl sites for hydroxylation is 1. The summed E-state index contributed by atoms with van der Waals surface area (Å²) in [7, 11) is 1.62. The highest BCUT2D eigenvalue weighted by molar-refractivity contribution is 7.18. The molecule has 0 spiro atoms. The van der Waals surface area contributed by atoms with E-state index < -0.39 is 0 Å². The average molecular weight is 484 g/mol. The summed E-state index contributed by atoms with van der Waals surface area (Å²) < 4.78 is 6.86. The molecule has 1 aromatic carbocycles. The van der Waals surface area contributed by atoms with Crippen molar-refractivity contribution in [3.63, 3.8) is 0 Å². The SMILES string of the molecule is COc1ccc(CNC2CCc3c(sc4ncn(Cc5cccc6cccnc56)c(=O)c34)C2)cn1. The van der Waals surface area contributed by atoms with E-state index in [1.165, 1.54) is 10.4 Å². The predicted octanol–water partition coefficient (Wildman–Crippen LogP) is 4.11. The van der Waals surface area contributed by atoms with E-state index in [2.05, 4.69) is 20.3 Å². The highest BCUT2D eigenvalue weighted by Crippen LogP contribution is 2.34. The number of para-hydroxylation sites is 1. The Balaban J connectivity index is 1.23. The molecule has 6 rings (SSSR count). The lowest BCUT2D eigenvalue weighted by Crippen LogP contribution is -2.33. The Morgan fingerprint density at radius 1 is 1.14 bits per heavy atom. The molecule has 0 amide bonds. The van der Waals surface area contributed by atoms with Crippen molar-refractivity contribution in [2.75, 3.05) is 7.11 Å². The van der Waals surface area contributed by atoms with E-state index in [9.17, 15) is 4.79 Å². The van der Waals surface area contributed by atoms with Gasteiger partial charge in [0.2, 0.25) is 5.88 Å². The number of pyridine rings is 2. The van der Waals surface area contributed by atoms with Gasteiger partial charge in [-0.3, -0.25) is 14.3 Å². The topological polar surface area (TPSA) is 81.9 Å². The van der Waals surface area contributed by atoms with Gasteiger partial charge in [0.1, 0.15) is 4.83 Å². The van der Waals surface area contributed by atoms with Crippen molar-refractivity contribution < 1.29 is 4.74 Å². The molecule has 1 aliphatic carbocycles. The van der Waals surface area contributed by atoms with Crippen LogP contribution in [0.4, 0.5) is 0 Å². The van der Waals surface area contributed by atoms with Crippen LogP contribution in [-0.2, 0) is 25.9 Å². The summed E-state index contributed by atoms with van der Waals surface area (Å²) in [4.78, 5) is 29.1. The maximum absolute atomic E-state index is 13.5. The number of methoxy groups -OCH3 is 1. The molecule has 8 heteroatoms. The normalized spacial score (nSPS) is 15.4. The number of hydrogen-bond donors (Lipinski definition) is 1. The minimum Gasteiger partial charge on any atom is -0.481 e. The Bertz CT molecular complexity index is 1570. The number of benzene rings is 1. The molecule has 0 fully saturated rings. The predicted molar refractivity (Wildman–Crippen MR) is 138 cm³/mol. The second-order valence-electron chi connectivity index (χ2n) is 8.88. The van der Waals surface area contributed by atoms with Crippen LogP contribution in [0.2, 0.25) is 0 Å². The van der Waals surface area contributed by atoms with Gasteiger partial charge in [-0.2, -0.15) is 0 Å². The second-order valence-corrected chi connectivity index (χ2v) is 9.97. The molecule has 4 aromatic heterocycles. The number of fused-ring (bicyclic) bond motifs is 4. The van der Waals surface area contributed by atoms with Crippen LogP contribution in [0.3, 0.4) is 0 Å². The Kier molecular flexibility index (Phi) is 5.75. The zero-order chi connectivity index (χ0) is 23.8. The van der Waals surface area contributed by atoms with Gasteiger partial charge in [0.25, 0.3) is 5.56 Å². The van der Waals surface area contributed by atoms with Crippen molar-refractivity contribution >= 4 is 32.5 Å². The summed E-state index contributed by atoms with van der Waals surface area (Å²) >= 11 is 1.66. The van der Waals surface area contributed by atoms with E-state index in [1.807, 2.05) is 48.7 Å². The zero-order valence-corrected chi connectivity index (χ0v) is 20.2. The second kappa shape index (κ2) is 9.20. The van der Waals surface area contributed by atoms with Crippen LogP contribution in [0.1, 0.15) is 28.0 Å². The van der Waals surface area contributed by atoms with Crippen molar-refractivity contribution in [3.8, 4) is 5.88 Å². The fourth-order valence-corrected chi connectivity index (χ4v) is 6.12. The van der Waals surface area contributed by atoms with Gasteiger partial charge in [-0.25, -0.2) is 9.97 Å². The molecule has 7 nitrogen and oxygen atoms in total. The minimum atomic E-state index is 0.0381. The number of nitrogens with one attached hydrogen (secondary N) is 1. The Morgan fingerprint density at radius 2 is 2.06 bits per heavy atom. The van der Waals surface area contributed by atoms with E-state index >= 15 is 0 Å². The molecule has 0 radical (unpaired) electrons. The van der Waals surface area contributed by atoms with Gasteiger partial charge in [0.15, 0.2) is 0 Å². The van der Waals surface area contributed by atoms with Crippen LogP contribution in [0.5, 0.6) is 5.88 Å². The van der Waals surface area contributed by atoms with Crippen LogP contribution in [-0.4, -0.2) is 32.7 Å². The number of rotatable bonds is 6. The third-order valence-electron chi connectivity index (χ3n) is 6.69. The largest absolute Gasteiger partial charge is 0.481 e. The van der Waals surface area contributed by atoms with E-state index in [1.54, 1.807) is 35.5 Å². The summed E-state index contributed by atoms with van der Waals surface area (Å²) in [6.45, 7) is 1.22. The van der Waals surface area contributed by atoms with Crippen molar-refractivity contribution in [2.45, 2.75) is 38.4 Å². The quantitative estimate of drug-likeness (QED) is 0.392. The molecule has 0 aliphatic heterocycles. The van der Waals surface area contributed by atoms with E-state index in [4.69, 9.17) is 4.74 Å². The molecule has 1 unspecified atom stereocenters. The fourth-order valence-electron chi connectivity index (χ4n) is 4.86. The summed E-state index contributed by atoms with van der Waals surface area (Å²) in [6, 6.07) is 14.3. The smallest absolute Gasteiger partial charge is 0.262 e. The lowest BCUT2D eigenvalue weighted by Gasteiger charge is -2.23. The van der Waals surface area contributed by atoms with Gasteiger partial charge < -0.3 is 10.1 Å². The van der Waals surface area contributed by atoms with E-state index in [0.29, 0.717) is 18.5 Å². The molecular weight excluding hydrogens is 458 g/mol. The van der Waals surface area contributed by atoms with Gasteiger partial charge in [0.05, 0.1) is 30.9 Å². The lowest BCUT2D eigenvalue weighted by molar-refractivity contribution is 0.397. The number of aromatic nitrogens is 4. The molecule has 0 bridgehead atoms. The fraction of sp³-hybridized carbons (Fsp3) is 0.259. The lowest BCUT2D eigenvalue weighted by atomic mass is 9.93. The number of ether oxygens (including phenoxy) is 1. The van der Waals surface area contributed by atoms with Crippen LogP contribution >= 0.6 is 11.3 Å². The monoisotopic (exact) mass is 483 g/mol. The van der Waals surface area contributed by atoms with Crippen molar-refractivity contribution in [1.82, 2.24) is 24.8 Å². The molecule has 35 heavy (non-hydrogen) atoms. The highest BCUT2D eigenvalue weighted by Gasteiger charge is 2.25. The zero-order valence-electron chi connectivity index (χ0n) is 19.4. The summed E-state index contributed by atoms with van der Waals surface area (Å²) in [5, 5.41) is 5.51. The Hall–Kier alpha value is -3.62. The molecule has 176 valence electrons. The average Bonchev–Trinajstić information content (AvgIpc) is 3.28. The Morgan fingerprint density at radius 3 is 2.91 bits per heavy atom. The third-order valence-corrected chi connectivity index (χ3v) is 7.86. The van der Waals surface area contributed by atoms with Gasteiger partial charge in [-0.15, -0.1) is 11.3 Å². The number of thiophene rings is 1. The molecule has 5 aromatic rings. The first-order valence-electron chi connectivity index (χ1n) is 11.7. The molecular formula is C27H25N5O2S. The molecule has 0 saturated carbocycles. The first-order chi connectivity index (χ1) is 17.2. The first kappa shape index (κ1) is 21.9. The van der Waals surface area contributed by atoms with Crippen LogP contribution < -0.4 is 15.6 Å². The van der Waals surface area contributed by atoms with Gasteiger partial charge in [-0.05, 0) is 42.0 Å². The Labute approximate surface area is 206 Å². The summed E-state index contributed by atoms with van der Waals surface area (Å²) in [6.07, 6.45) is 8.10. The molecule has 0 saturated heterocycles. The maximum Gasteiger partial charge on any atom is 0.262 e. The van der Waals surface area contributed by atoms with Crippen LogP contribution in [0.15, 0.2) is 66.0 Å². The molecule has 1 atom stereocenters. The minimum absolute atomic E-state index is 0.0381. The third kappa shape index (κ3) is 4.19. The highest BCUT2D eigenvalue weighted by atomic mass is 32.1. The summed E-state index contributed by atoms with van der Waals surface area (Å²) in [5.41, 5.74) is 4.29. The van der Waals surface area contributed by atoms with Crippen molar-refractivity contribution in [2.24, 2.45) is 0 Å². The van der Waals surface area contributed by atoms with Gasteiger partial charge in [0, 0.05) is 41.3 Å². The van der Waals surface area contributed by atoms with Crippen LogP contribution in [0, 0.1) is 0 Å². The summed E-state index contributed by atoms with van der Waals surface area (Å²) in [5.74, 6) is 0.621. The molecule has 4 heterocycles. The van der Waals surface area contributed by atoms with Gasteiger partial charge in [-0.1, -0.05) is 30.3 Å².